The fourth-order valence-corrected chi connectivity index (χ4v) is 1.51. The van der Waals surface area contributed by atoms with E-state index in [1.165, 1.54) is 18.2 Å². The number of para-hydroxylation sites is 1. The standard InChI is InChI=1S/C11H11F3O3/c1-2-7(10(15)16)8-5-3-4-6-9(8)17-11(12,13)14/h3-7H,2H2,1H3,(H,15,16). The third-order valence-corrected chi connectivity index (χ3v) is 2.23. The van der Waals surface area contributed by atoms with Crippen LogP contribution in [0.4, 0.5) is 13.2 Å². The average Bonchev–Trinajstić information content (AvgIpc) is 2.18. The van der Waals surface area contributed by atoms with Crippen molar-refractivity contribution in [3.05, 3.63) is 29.8 Å². The number of hydrogen-bond acceptors (Lipinski definition) is 2. The fraction of sp³-hybridized carbons (Fsp3) is 0.364. The molecule has 1 atom stereocenters. The molecule has 0 spiro atoms. The molecule has 0 heterocycles. The highest BCUT2D eigenvalue weighted by Gasteiger charge is 2.33. The first-order chi connectivity index (χ1) is 7.85. The second-order valence-electron chi connectivity index (χ2n) is 3.38. The van der Waals surface area contributed by atoms with Crippen molar-refractivity contribution in [2.24, 2.45) is 0 Å². The maximum Gasteiger partial charge on any atom is 0.573 e. The van der Waals surface area contributed by atoms with Gasteiger partial charge < -0.3 is 9.84 Å². The van der Waals surface area contributed by atoms with Crippen molar-refractivity contribution in [3.8, 4) is 5.75 Å². The van der Waals surface area contributed by atoms with Gasteiger partial charge >= 0.3 is 12.3 Å². The molecular formula is C11H11F3O3. The minimum atomic E-state index is -4.83. The number of carboxylic acids is 1. The predicted octanol–water partition coefficient (Wildman–Crippen LogP) is 3.16. The molecular weight excluding hydrogens is 237 g/mol. The number of hydrogen-bond donors (Lipinski definition) is 1. The summed E-state index contributed by atoms with van der Waals surface area (Å²) in [6, 6.07) is 5.26. The lowest BCUT2D eigenvalue weighted by molar-refractivity contribution is -0.275. The third-order valence-electron chi connectivity index (χ3n) is 2.23. The number of carboxylic acid groups (broad SMARTS) is 1. The quantitative estimate of drug-likeness (QED) is 0.890. The van der Waals surface area contributed by atoms with E-state index in [0.29, 0.717) is 0 Å². The zero-order chi connectivity index (χ0) is 13.1. The smallest absolute Gasteiger partial charge is 0.481 e. The molecule has 0 aliphatic rings. The summed E-state index contributed by atoms with van der Waals surface area (Å²) < 4.78 is 40.2. The summed E-state index contributed by atoms with van der Waals surface area (Å²) >= 11 is 0. The summed E-state index contributed by atoms with van der Waals surface area (Å²) in [6.07, 6.45) is -4.64. The molecule has 3 nitrogen and oxygen atoms in total. The zero-order valence-corrected chi connectivity index (χ0v) is 8.99. The summed E-state index contributed by atoms with van der Waals surface area (Å²) in [5.74, 6) is -2.64. The van der Waals surface area contributed by atoms with E-state index in [1.807, 2.05) is 0 Å². The monoisotopic (exact) mass is 248 g/mol. The van der Waals surface area contributed by atoms with Gasteiger partial charge in [-0.1, -0.05) is 25.1 Å². The molecule has 0 bridgehead atoms. The Kier molecular flexibility index (Phi) is 3.98. The van der Waals surface area contributed by atoms with E-state index in [0.717, 1.165) is 6.07 Å². The molecule has 0 fully saturated rings. The van der Waals surface area contributed by atoms with Crippen LogP contribution in [-0.4, -0.2) is 17.4 Å². The Hall–Kier alpha value is -1.72. The van der Waals surface area contributed by atoms with Crippen LogP contribution in [-0.2, 0) is 4.79 Å². The van der Waals surface area contributed by atoms with Crippen molar-refractivity contribution < 1.29 is 27.8 Å². The SMILES string of the molecule is CCC(C(=O)O)c1ccccc1OC(F)(F)F. The summed E-state index contributed by atoms with van der Waals surface area (Å²) in [5, 5.41) is 8.91. The highest BCUT2D eigenvalue weighted by atomic mass is 19.4. The summed E-state index contributed by atoms with van der Waals surface area (Å²) in [7, 11) is 0. The molecule has 1 aromatic carbocycles. The minimum Gasteiger partial charge on any atom is -0.481 e. The van der Waals surface area contributed by atoms with Crippen LogP contribution < -0.4 is 4.74 Å². The maximum absolute atomic E-state index is 12.1. The van der Waals surface area contributed by atoms with E-state index in [4.69, 9.17) is 5.11 Å². The van der Waals surface area contributed by atoms with Gasteiger partial charge in [0.2, 0.25) is 0 Å². The van der Waals surface area contributed by atoms with Crippen LogP contribution in [0, 0.1) is 0 Å². The largest absolute Gasteiger partial charge is 0.573 e. The van der Waals surface area contributed by atoms with E-state index in [1.54, 1.807) is 6.92 Å². The lowest BCUT2D eigenvalue weighted by Gasteiger charge is -2.16. The second kappa shape index (κ2) is 5.07. The first-order valence-corrected chi connectivity index (χ1v) is 4.92. The topological polar surface area (TPSA) is 46.5 Å². The molecule has 1 unspecified atom stereocenters. The molecule has 0 aliphatic heterocycles. The molecule has 94 valence electrons. The number of aliphatic carboxylic acids is 1. The van der Waals surface area contributed by atoms with E-state index in [2.05, 4.69) is 4.74 Å². The first kappa shape index (κ1) is 13.3. The lowest BCUT2D eigenvalue weighted by Crippen LogP contribution is -2.20. The van der Waals surface area contributed by atoms with Gasteiger partial charge in [0, 0.05) is 5.56 Å². The number of benzene rings is 1. The highest BCUT2D eigenvalue weighted by molar-refractivity contribution is 5.77. The van der Waals surface area contributed by atoms with Crippen LogP contribution in [0.3, 0.4) is 0 Å². The minimum absolute atomic E-state index is 0.0276. The molecule has 6 heteroatoms. The van der Waals surface area contributed by atoms with Gasteiger partial charge in [-0.05, 0) is 12.5 Å². The summed E-state index contributed by atoms with van der Waals surface area (Å²) in [5.41, 5.74) is 0.0276. The molecule has 0 amide bonds. The van der Waals surface area contributed by atoms with E-state index >= 15 is 0 Å². The Bertz CT molecular complexity index is 401. The Morgan fingerprint density at radius 1 is 1.41 bits per heavy atom. The highest BCUT2D eigenvalue weighted by Crippen LogP contribution is 2.32. The van der Waals surface area contributed by atoms with Crippen molar-refractivity contribution >= 4 is 5.97 Å². The van der Waals surface area contributed by atoms with Crippen molar-refractivity contribution in [2.75, 3.05) is 0 Å². The van der Waals surface area contributed by atoms with Gasteiger partial charge in [0.1, 0.15) is 5.75 Å². The van der Waals surface area contributed by atoms with Gasteiger partial charge in [0.05, 0.1) is 5.92 Å². The van der Waals surface area contributed by atoms with Crippen LogP contribution >= 0.6 is 0 Å². The number of halogens is 3. The van der Waals surface area contributed by atoms with Crippen molar-refractivity contribution in [2.45, 2.75) is 25.6 Å². The third kappa shape index (κ3) is 3.65. The number of rotatable bonds is 4. The van der Waals surface area contributed by atoms with E-state index in [-0.39, 0.29) is 12.0 Å². The van der Waals surface area contributed by atoms with Gasteiger partial charge in [-0.2, -0.15) is 0 Å². The Labute approximate surface area is 95.8 Å². The summed E-state index contributed by atoms with van der Waals surface area (Å²) in [4.78, 5) is 10.9. The van der Waals surface area contributed by atoms with Crippen LogP contribution in [0.25, 0.3) is 0 Å². The molecule has 17 heavy (non-hydrogen) atoms. The van der Waals surface area contributed by atoms with Crippen LogP contribution in [0.2, 0.25) is 0 Å². The predicted molar refractivity (Wildman–Crippen MR) is 53.8 cm³/mol. The first-order valence-electron chi connectivity index (χ1n) is 4.92. The van der Waals surface area contributed by atoms with Crippen molar-refractivity contribution in [1.29, 1.82) is 0 Å². The Balaban J connectivity index is 3.11. The fourth-order valence-electron chi connectivity index (χ4n) is 1.51. The molecule has 1 N–H and O–H groups in total. The molecule has 1 aromatic rings. The summed E-state index contributed by atoms with van der Waals surface area (Å²) in [6.45, 7) is 1.59. The average molecular weight is 248 g/mol. The van der Waals surface area contributed by atoms with Gasteiger partial charge in [-0.15, -0.1) is 13.2 Å². The van der Waals surface area contributed by atoms with Crippen molar-refractivity contribution in [1.82, 2.24) is 0 Å². The second-order valence-corrected chi connectivity index (χ2v) is 3.38. The van der Waals surface area contributed by atoms with Gasteiger partial charge in [0.15, 0.2) is 0 Å². The van der Waals surface area contributed by atoms with Gasteiger partial charge in [0.25, 0.3) is 0 Å². The molecule has 0 aliphatic carbocycles. The number of ether oxygens (including phenoxy) is 1. The normalized spacial score (nSPS) is 13.2. The lowest BCUT2D eigenvalue weighted by atomic mass is 9.96. The van der Waals surface area contributed by atoms with E-state index < -0.39 is 24.0 Å². The maximum atomic E-state index is 12.1. The van der Waals surface area contributed by atoms with Gasteiger partial charge in [-0.3, -0.25) is 4.79 Å². The molecule has 0 aromatic heterocycles. The van der Waals surface area contributed by atoms with Gasteiger partial charge in [-0.25, -0.2) is 0 Å². The molecule has 0 saturated carbocycles. The molecule has 1 rings (SSSR count). The zero-order valence-electron chi connectivity index (χ0n) is 8.99. The molecule has 0 radical (unpaired) electrons. The van der Waals surface area contributed by atoms with E-state index in [9.17, 15) is 18.0 Å². The number of carbonyl (C=O) groups is 1. The Morgan fingerprint density at radius 3 is 2.47 bits per heavy atom. The molecule has 0 saturated heterocycles. The van der Waals surface area contributed by atoms with Crippen LogP contribution in [0.5, 0.6) is 5.75 Å². The van der Waals surface area contributed by atoms with Crippen LogP contribution in [0.15, 0.2) is 24.3 Å². The van der Waals surface area contributed by atoms with Crippen LogP contribution in [0.1, 0.15) is 24.8 Å². The number of alkyl halides is 3. The van der Waals surface area contributed by atoms with Crippen molar-refractivity contribution in [3.63, 3.8) is 0 Å². The Morgan fingerprint density at radius 2 is 2.00 bits per heavy atom.